The lowest BCUT2D eigenvalue weighted by Crippen LogP contribution is -2.43. The second-order valence-corrected chi connectivity index (χ2v) is 14.1. The van der Waals surface area contributed by atoms with Crippen LogP contribution in [0, 0.1) is 0 Å². The van der Waals surface area contributed by atoms with Crippen LogP contribution in [-0.2, 0) is 10.8 Å². The van der Waals surface area contributed by atoms with Crippen molar-refractivity contribution in [3.8, 4) is 51.0 Å². The molecule has 8 aromatic rings. The van der Waals surface area contributed by atoms with Crippen LogP contribution in [0.2, 0.25) is 0 Å². The summed E-state index contributed by atoms with van der Waals surface area (Å²) in [5.74, 6) is 1.97. The summed E-state index contributed by atoms with van der Waals surface area (Å²) in [6.45, 7) is 9.45. The number of para-hydroxylation sites is 2. The molecule has 2 aromatic heterocycles. The van der Waals surface area contributed by atoms with Crippen molar-refractivity contribution in [2.75, 3.05) is 0 Å². The van der Waals surface area contributed by atoms with Gasteiger partial charge in [-0.25, -0.2) is 15.0 Å². The van der Waals surface area contributed by atoms with Crippen LogP contribution < -0.4 is 0 Å². The third kappa shape index (κ3) is 4.48. The summed E-state index contributed by atoms with van der Waals surface area (Å²) < 4.78 is 2.33. The summed E-state index contributed by atoms with van der Waals surface area (Å²) in [6, 6.07) is 51.5. The van der Waals surface area contributed by atoms with E-state index < -0.39 is 0 Å². The van der Waals surface area contributed by atoms with Crippen LogP contribution in [0.5, 0.6) is 0 Å². The van der Waals surface area contributed by atoms with Gasteiger partial charge in [-0.1, -0.05) is 143 Å². The summed E-state index contributed by atoms with van der Waals surface area (Å²) in [4.78, 5) is 15.4. The number of benzene rings is 6. The average molecular weight is 633 g/mol. The molecule has 0 unspecified atom stereocenters. The number of fused-ring (bicyclic) bond motifs is 6. The van der Waals surface area contributed by atoms with Gasteiger partial charge >= 0.3 is 0 Å². The van der Waals surface area contributed by atoms with Crippen molar-refractivity contribution in [1.29, 1.82) is 0 Å². The van der Waals surface area contributed by atoms with Gasteiger partial charge < -0.3 is 4.57 Å². The van der Waals surface area contributed by atoms with E-state index in [1.165, 1.54) is 38.5 Å². The minimum atomic E-state index is -0.0682. The molecule has 4 nitrogen and oxygen atoms in total. The molecular formula is C45H36N4. The van der Waals surface area contributed by atoms with E-state index in [4.69, 9.17) is 15.0 Å². The van der Waals surface area contributed by atoms with E-state index in [9.17, 15) is 0 Å². The van der Waals surface area contributed by atoms with Crippen molar-refractivity contribution >= 4 is 21.8 Å². The van der Waals surface area contributed by atoms with Gasteiger partial charge in [0.05, 0.1) is 11.0 Å². The Kier molecular flexibility index (Phi) is 6.47. The van der Waals surface area contributed by atoms with Gasteiger partial charge in [-0.2, -0.15) is 0 Å². The fourth-order valence-electron chi connectivity index (χ4n) is 7.70. The van der Waals surface area contributed by atoms with E-state index in [0.717, 1.165) is 27.9 Å². The van der Waals surface area contributed by atoms with Crippen molar-refractivity contribution < 1.29 is 0 Å². The van der Waals surface area contributed by atoms with E-state index in [1.807, 2.05) is 18.2 Å². The van der Waals surface area contributed by atoms with Crippen molar-refractivity contribution in [2.45, 2.75) is 38.5 Å². The molecule has 1 aliphatic rings. The Hall–Kier alpha value is -5.87. The molecule has 0 saturated heterocycles. The monoisotopic (exact) mass is 632 g/mol. The van der Waals surface area contributed by atoms with Gasteiger partial charge in [0.25, 0.3) is 0 Å². The van der Waals surface area contributed by atoms with Crippen molar-refractivity contribution in [3.05, 3.63) is 157 Å². The minimum absolute atomic E-state index is 0.0280. The highest BCUT2D eigenvalue weighted by Gasteiger charge is 2.45. The third-order valence-corrected chi connectivity index (χ3v) is 11.0. The standard InChI is InChI=1S/C45H36N4/c1-44(2)37-21-13-11-19-33(37)36-27-30(24-26-38(36)45(44,3)4)42-46-41(29-15-7-5-8-16-29)47-43(48-42)31-23-25-35-34-20-12-14-22-39(34)49(40(35)28-31)32-17-9-6-10-18-32/h5-28H,1-4H3. The van der Waals surface area contributed by atoms with Gasteiger partial charge in [-0.15, -0.1) is 0 Å². The van der Waals surface area contributed by atoms with Crippen molar-refractivity contribution in [2.24, 2.45) is 0 Å². The summed E-state index contributed by atoms with van der Waals surface area (Å²) >= 11 is 0. The second kappa shape index (κ2) is 10.8. The van der Waals surface area contributed by atoms with E-state index >= 15 is 0 Å². The molecule has 0 saturated carbocycles. The van der Waals surface area contributed by atoms with E-state index in [2.05, 4.69) is 160 Å². The molecule has 236 valence electrons. The van der Waals surface area contributed by atoms with Crippen molar-refractivity contribution in [3.63, 3.8) is 0 Å². The molecule has 0 atom stereocenters. The van der Waals surface area contributed by atoms with Gasteiger partial charge in [-0.05, 0) is 63.4 Å². The Morgan fingerprint density at radius 2 is 0.939 bits per heavy atom. The lowest BCUT2D eigenvalue weighted by atomic mass is 9.55. The zero-order chi connectivity index (χ0) is 33.3. The van der Waals surface area contributed by atoms with E-state index in [0.29, 0.717) is 17.5 Å². The Balaban J connectivity index is 1.26. The summed E-state index contributed by atoms with van der Waals surface area (Å²) in [5, 5.41) is 2.41. The molecule has 0 bridgehead atoms. The average Bonchev–Trinajstić information content (AvgIpc) is 3.48. The van der Waals surface area contributed by atoms with Crippen LogP contribution in [0.15, 0.2) is 146 Å². The molecule has 0 N–H and O–H groups in total. The lowest BCUT2D eigenvalue weighted by Gasteiger charge is -2.48. The molecular weight excluding hydrogens is 597 g/mol. The molecule has 0 spiro atoms. The fourth-order valence-corrected chi connectivity index (χ4v) is 7.70. The fraction of sp³-hybridized carbons (Fsp3) is 0.133. The van der Waals surface area contributed by atoms with E-state index in [-0.39, 0.29) is 10.8 Å². The molecule has 1 aliphatic carbocycles. The topological polar surface area (TPSA) is 43.6 Å². The van der Waals surface area contributed by atoms with Crippen LogP contribution in [0.25, 0.3) is 72.8 Å². The van der Waals surface area contributed by atoms with Gasteiger partial charge in [0.2, 0.25) is 0 Å². The zero-order valence-corrected chi connectivity index (χ0v) is 28.1. The Labute approximate surface area is 286 Å². The number of nitrogens with zero attached hydrogens (tertiary/aromatic N) is 4. The molecule has 0 amide bonds. The largest absolute Gasteiger partial charge is 0.309 e. The Morgan fingerprint density at radius 3 is 1.67 bits per heavy atom. The SMILES string of the molecule is CC1(C)c2ccccc2-c2cc(-c3nc(-c4ccccc4)nc(-c4ccc5c6ccccc6n(-c6ccccc6)c5c4)n3)ccc2C1(C)C. The first-order chi connectivity index (χ1) is 23.8. The number of hydrogen-bond acceptors (Lipinski definition) is 3. The molecule has 49 heavy (non-hydrogen) atoms. The molecule has 6 aromatic carbocycles. The number of hydrogen-bond donors (Lipinski definition) is 0. The first kappa shape index (κ1) is 29.3. The third-order valence-electron chi connectivity index (χ3n) is 11.0. The van der Waals surface area contributed by atoms with E-state index in [1.54, 1.807) is 0 Å². The van der Waals surface area contributed by atoms with Crippen LogP contribution in [-0.4, -0.2) is 19.5 Å². The predicted octanol–water partition coefficient (Wildman–Crippen LogP) is 11.2. The summed E-state index contributed by atoms with van der Waals surface area (Å²) in [5.41, 5.74) is 11.4. The van der Waals surface area contributed by atoms with Crippen LogP contribution in [0.4, 0.5) is 0 Å². The maximum atomic E-state index is 5.20. The first-order valence-electron chi connectivity index (χ1n) is 17.0. The predicted molar refractivity (Wildman–Crippen MR) is 202 cm³/mol. The number of rotatable bonds is 4. The number of aromatic nitrogens is 4. The zero-order valence-electron chi connectivity index (χ0n) is 28.1. The maximum absolute atomic E-state index is 5.20. The minimum Gasteiger partial charge on any atom is -0.309 e. The normalized spacial score (nSPS) is 14.4. The molecule has 9 rings (SSSR count). The second-order valence-electron chi connectivity index (χ2n) is 14.1. The van der Waals surface area contributed by atoms with Crippen LogP contribution in [0.1, 0.15) is 38.8 Å². The summed E-state index contributed by atoms with van der Waals surface area (Å²) in [6.07, 6.45) is 0. The maximum Gasteiger partial charge on any atom is 0.164 e. The highest BCUT2D eigenvalue weighted by Crippen LogP contribution is 2.54. The first-order valence-corrected chi connectivity index (χ1v) is 17.0. The Bertz CT molecular complexity index is 2540. The smallest absolute Gasteiger partial charge is 0.164 e. The Morgan fingerprint density at radius 1 is 0.408 bits per heavy atom. The molecule has 0 radical (unpaired) electrons. The van der Waals surface area contributed by atoms with Gasteiger partial charge in [0, 0.05) is 33.2 Å². The highest BCUT2D eigenvalue weighted by atomic mass is 15.0. The van der Waals surface area contributed by atoms with Crippen LogP contribution in [0.3, 0.4) is 0 Å². The van der Waals surface area contributed by atoms with Gasteiger partial charge in [0.1, 0.15) is 0 Å². The quantitative estimate of drug-likeness (QED) is 0.194. The molecule has 0 aliphatic heterocycles. The molecule has 0 fully saturated rings. The van der Waals surface area contributed by atoms with Crippen LogP contribution >= 0.6 is 0 Å². The molecule has 4 heteroatoms. The highest BCUT2D eigenvalue weighted by molar-refractivity contribution is 6.10. The molecule has 2 heterocycles. The lowest BCUT2D eigenvalue weighted by molar-refractivity contribution is 0.299. The van der Waals surface area contributed by atoms with Crippen molar-refractivity contribution in [1.82, 2.24) is 19.5 Å². The summed E-state index contributed by atoms with van der Waals surface area (Å²) in [7, 11) is 0. The van der Waals surface area contributed by atoms with Gasteiger partial charge in [-0.3, -0.25) is 0 Å². The van der Waals surface area contributed by atoms with Gasteiger partial charge in [0.15, 0.2) is 17.5 Å².